The molecule has 2 atom stereocenters. The van der Waals surface area contributed by atoms with Gasteiger partial charge in [0.15, 0.2) is 0 Å². The molecular weight excluding hydrogens is 513 g/mol. The molecule has 6 aromatic rings. The van der Waals surface area contributed by atoms with Crippen LogP contribution < -0.4 is 0 Å². The highest BCUT2D eigenvalue weighted by Crippen LogP contribution is 2.56. The second kappa shape index (κ2) is 8.96. The molecule has 0 amide bonds. The lowest BCUT2D eigenvalue weighted by Crippen LogP contribution is -2.21. The Hall–Kier alpha value is -4.59. The van der Waals surface area contributed by atoms with Crippen LogP contribution in [0.25, 0.3) is 55.4 Å². The van der Waals surface area contributed by atoms with Gasteiger partial charge in [0.05, 0.1) is 0 Å². The number of hydrogen-bond acceptors (Lipinski definition) is 1. The Kier molecular flexibility index (Phi) is 5.06. The minimum Gasteiger partial charge on any atom is -0.116 e. The van der Waals surface area contributed by atoms with E-state index in [0.29, 0.717) is 11.2 Å². The number of benzene rings is 6. The van der Waals surface area contributed by atoms with Crippen LogP contribution >= 0.6 is 11.8 Å². The Morgan fingerprint density at radius 2 is 1.10 bits per heavy atom. The van der Waals surface area contributed by atoms with E-state index in [1.165, 1.54) is 76.5 Å². The summed E-state index contributed by atoms with van der Waals surface area (Å²) >= 11 is 2.03. The third kappa shape index (κ3) is 3.70. The topological polar surface area (TPSA) is 0 Å². The standard InChI is InChI=1S/C40H26S/c1-2-6-28-21-29(13-9-25(28)5-1)30-15-16-32-23-33(18-17-31(32)22-30)34-14-11-26-10-12-27-19-20-36-35-7-3-4-8-38(35)41-40(36)39(27)37(26)24-34/h1-24,39-40H. The molecule has 1 heterocycles. The van der Waals surface area contributed by atoms with Crippen molar-refractivity contribution in [1.29, 1.82) is 0 Å². The second-order valence-corrected chi connectivity index (χ2v) is 12.5. The van der Waals surface area contributed by atoms with E-state index in [1.54, 1.807) is 0 Å². The molecule has 6 aromatic carbocycles. The van der Waals surface area contributed by atoms with Gasteiger partial charge in [-0.15, -0.1) is 11.8 Å². The van der Waals surface area contributed by atoms with Gasteiger partial charge in [0.2, 0.25) is 0 Å². The number of thioether (sulfide) groups is 1. The first-order valence-electron chi connectivity index (χ1n) is 14.3. The molecule has 0 aromatic heterocycles. The SMILES string of the molecule is C1=Cc2ccc(-c3ccc4cc(-c5ccc6ccccc6c5)ccc4c3)cc2C2C1=CC=C1c3ccccc3SC12. The van der Waals surface area contributed by atoms with Gasteiger partial charge >= 0.3 is 0 Å². The van der Waals surface area contributed by atoms with E-state index >= 15 is 0 Å². The molecule has 3 aliphatic rings. The first-order valence-corrected chi connectivity index (χ1v) is 15.2. The minimum atomic E-state index is 0.373. The molecule has 9 rings (SSSR count). The smallest absolute Gasteiger partial charge is 0.0460 e. The summed E-state index contributed by atoms with van der Waals surface area (Å²) in [5, 5.41) is 5.53. The third-order valence-corrected chi connectivity index (χ3v) is 10.4. The molecule has 0 saturated carbocycles. The fraction of sp³-hybridized carbons (Fsp3) is 0.0500. The average Bonchev–Trinajstić information content (AvgIpc) is 3.42. The fourth-order valence-electron chi connectivity index (χ4n) is 6.90. The van der Waals surface area contributed by atoms with Crippen molar-refractivity contribution in [3.05, 3.63) is 162 Å². The van der Waals surface area contributed by atoms with E-state index in [9.17, 15) is 0 Å². The zero-order chi connectivity index (χ0) is 26.9. The number of allylic oxidation sites excluding steroid dienone is 4. The summed E-state index contributed by atoms with van der Waals surface area (Å²) in [5.74, 6) is 0.373. The van der Waals surface area contributed by atoms with E-state index in [-0.39, 0.29) is 0 Å². The van der Waals surface area contributed by atoms with Crippen molar-refractivity contribution < 1.29 is 0 Å². The summed E-state index contributed by atoms with van der Waals surface area (Å²) in [5.41, 5.74) is 12.2. The van der Waals surface area contributed by atoms with Crippen molar-refractivity contribution in [3.8, 4) is 22.3 Å². The van der Waals surface area contributed by atoms with Crippen molar-refractivity contribution in [2.75, 3.05) is 0 Å². The molecular formula is C40H26S. The first-order chi connectivity index (χ1) is 20.3. The molecule has 0 radical (unpaired) electrons. The molecule has 0 spiro atoms. The van der Waals surface area contributed by atoms with Crippen LogP contribution in [-0.2, 0) is 0 Å². The van der Waals surface area contributed by atoms with Crippen LogP contribution in [0.1, 0.15) is 22.6 Å². The van der Waals surface area contributed by atoms with E-state index in [4.69, 9.17) is 0 Å². The van der Waals surface area contributed by atoms with E-state index in [1.807, 2.05) is 11.8 Å². The molecule has 2 aliphatic carbocycles. The van der Waals surface area contributed by atoms with Crippen LogP contribution in [0.2, 0.25) is 0 Å². The van der Waals surface area contributed by atoms with Gasteiger partial charge in [0.25, 0.3) is 0 Å². The Morgan fingerprint density at radius 3 is 1.88 bits per heavy atom. The fourth-order valence-corrected chi connectivity index (χ4v) is 8.41. The van der Waals surface area contributed by atoms with Crippen LogP contribution in [-0.4, -0.2) is 5.25 Å². The Morgan fingerprint density at radius 1 is 0.488 bits per heavy atom. The molecule has 1 aliphatic heterocycles. The van der Waals surface area contributed by atoms with Crippen LogP contribution in [0.3, 0.4) is 0 Å². The molecule has 0 N–H and O–H groups in total. The monoisotopic (exact) mass is 538 g/mol. The highest BCUT2D eigenvalue weighted by Gasteiger charge is 2.39. The Balaban J connectivity index is 1.08. The van der Waals surface area contributed by atoms with E-state index in [2.05, 4.69) is 146 Å². The van der Waals surface area contributed by atoms with Gasteiger partial charge in [-0.1, -0.05) is 115 Å². The molecule has 41 heavy (non-hydrogen) atoms. The van der Waals surface area contributed by atoms with Gasteiger partial charge in [-0.3, -0.25) is 0 Å². The summed E-state index contributed by atoms with van der Waals surface area (Å²) < 4.78 is 0. The third-order valence-electron chi connectivity index (χ3n) is 9.01. The molecule has 0 nitrogen and oxygen atoms in total. The van der Waals surface area contributed by atoms with Crippen LogP contribution in [0.5, 0.6) is 0 Å². The highest BCUT2D eigenvalue weighted by molar-refractivity contribution is 8.01. The molecule has 1 heteroatoms. The van der Waals surface area contributed by atoms with Crippen molar-refractivity contribution >= 4 is 45.0 Å². The van der Waals surface area contributed by atoms with Crippen molar-refractivity contribution in [1.82, 2.24) is 0 Å². The molecule has 192 valence electrons. The molecule has 0 bridgehead atoms. The van der Waals surface area contributed by atoms with Gasteiger partial charge < -0.3 is 0 Å². The lowest BCUT2D eigenvalue weighted by atomic mass is 9.75. The summed E-state index contributed by atoms with van der Waals surface area (Å²) in [6.45, 7) is 0. The zero-order valence-electron chi connectivity index (χ0n) is 22.4. The molecule has 2 unspecified atom stereocenters. The maximum Gasteiger partial charge on any atom is 0.0460 e. The lowest BCUT2D eigenvalue weighted by molar-refractivity contribution is 0.844. The zero-order valence-corrected chi connectivity index (χ0v) is 23.2. The maximum absolute atomic E-state index is 2.45. The Bertz CT molecular complexity index is 2140. The van der Waals surface area contributed by atoms with Crippen LogP contribution in [0.4, 0.5) is 0 Å². The maximum atomic E-state index is 2.45. The Labute approximate surface area is 244 Å². The molecule has 0 fully saturated rings. The highest BCUT2D eigenvalue weighted by atomic mass is 32.2. The van der Waals surface area contributed by atoms with Crippen LogP contribution in [0, 0.1) is 0 Å². The van der Waals surface area contributed by atoms with E-state index in [0.717, 1.165) is 0 Å². The summed E-state index contributed by atoms with van der Waals surface area (Å²) in [4.78, 5) is 1.41. The first kappa shape index (κ1) is 23.1. The van der Waals surface area contributed by atoms with Crippen molar-refractivity contribution in [3.63, 3.8) is 0 Å². The largest absolute Gasteiger partial charge is 0.116 e. The van der Waals surface area contributed by atoms with Crippen molar-refractivity contribution in [2.24, 2.45) is 0 Å². The van der Waals surface area contributed by atoms with Crippen molar-refractivity contribution in [2.45, 2.75) is 16.1 Å². The normalized spacial score (nSPS) is 18.3. The predicted octanol–water partition coefficient (Wildman–Crippen LogP) is 10.9. The summed E-state index contributed by atoms with van der Waals surface area (Å²) in [6.07, 6.45) is 9.31. The van der Waals surface area contributed by atoms with Gasteiger partial charge in [-0.05, 0) is 102 Å². The van der Waals surface area contributed by atoms with Gasteiger partial charge in [-0.25, -0.2) is 0 Å². The van der Waals surface area contributed by atoms with E-state index < -0.39 is 0 Å². The van der Waals surface area contributed by atoms with Gasteiger partial charge in [-0.2, -0.15) is 0 Å². The lowest BCUT2D eigenvalue weighted by Gasteiger charge is -2.33. The quantitative estimate of drug-likeness (QED) is 0.211. The summed E-state index contributed by atoms with van der Waals surface area (Å²) in [6, 6.07) is 45.0. The van der Waals surface area contributed by atoms with Gasteiger partial charge in [0.1, 0.15) is 0 Å². The van der Waals surface area contributed by atoms with Crippen LogP contribution in [0.15, 0.2) is 150 Å². The number of hydrogen-bond donors (Lipinski definition) is 0. The summed E-state index contributed by atoms with van der Waals surface area (Å²) in [7, 11) is 0. The molecule has 0 saturated heterocycles. The average molecular weight is 539 g/mol. The number of fused-ring (bicyclic) bond motifs is 9. The van der Waals surface area contributed by atoms with Gasteiger partial charge in [0, 0.05) is 16.1 Å². The predicted molar refractivity (Wildman–Crippen MR) is 176 cm³/mol. The minimum absolute atomic E-state index is 0.373. The second-order valence-electron chi connectivity index (χ2n) is 11.3. The number of rotatable bonds is 2.